The number of rotatable bonds is 2. The van der Waals surface area contributed by atoms with E-state index in [1.165, 1.54) is 0 Å². The number of hydrogen-bond donors (Lipinski definition) is 0. The number of benzene rings is 1. The molecule has 0 atom stereocenters. The molecule has 18 heavy (non-hydrogen) atoms. The van der Waals surface area contributed by atoms with Crippen molar-refractivity contribution < 1.29 is 0 Å². The Kier molecular flexibility index (Phi) is 3.08. The van der Waals surface area contributed by atoms with Crippen molar-refractivity contribution >= 4 is 16.5 Å². The second-order valence-corrected chi connectivity index (χ2v) is 5.60. The van der Waals surface area contributed by atoms with Gasteiger partial charge in [-0.15, -0.1) is 0 Å². The van der Waals surface area contributed by atoms with Crippen molar-refractivity contribution in [3.8, 4) is 0 Å². The van der Waals surface area contributed by atoms with Gasteiger partial charge in [0.25, 0.3) is 0 Å². The minimum absolute atomic E-state index is 0.0183. The lowest BCUT2D eigenvalue weighted by Crippen LogP contribution is -2.10. The Bertz CT molecular complexity index is 615. The van der Waals surface area contributed by atoms with E-state index in [4.69, 9.17) is 0 Å². The molecular weight excluding hydrogens is 218 g/mol. The van der Waals surface area contributed by atoms with E-state index in [-0.39, 0.29) is 5.41 Å². The minimum Gasteiger partial charge on any atom is -0.248 e. The molecule has 0 N–H and O–H groups in total. The summed E-state index contributed by atoms with van der Waals surface area (Å²) in [6.45, 7) is 14.7. The fourth-order valence-electron chi connectivity index (χ4n) is 1.84. The van der Waals surface area contributed by atoms with Crippen LogP contribution in [0.4, 0.5) is 0 Å². The van der Waals surface area contributed by atoms with Gasteiger partial charge in [0.1, 0.15) is 0 Å². The Morgan fingerprint density at radius 2 is 1.67 bits per heavy atom. The second kappa shape index (κ2) is 4.41. The second-order valence-electron chi connectivity index (χ2n) is 5.60. The first-order valence-corrected chi connectivity index (χ1v) is 6.14. The summed E-state index contributed by atoms with van der Waals surface area (Å²) >= 11 is 0. The number of allylic oxidation sites excluding steroid dienone is 2. The van der Waals surface area contributed by atoms with E-state index in [1.54, 1.807) is 0 Å². The van der Waals surface area contributed by atoms with E-state index in [1.807, 2.05) is 24.3 Å². The standard InChI is InChI=1S/C17H19N/c1-12(13(2)17(3,4)5)15-11-10-14-8-6-7-9-16(14)18-15/h6-11H,1-2H2,3-5H3. The van der Waals surface area contributed by atoms with Gasteiger partial charge in [0, 0.05) is 5.39 Å². The molecule has 2 aromatic rings. The molecule has 0 saturated carbocycles. The van der Waals surface area contributed by atoms with Gasteiger partial charge in [-0.1, -0.05) is 58.2 Å². The minimum atomic E-state index is 0.0183. The van der Waals surface area contributed by atoms with E-state index < -0.39 is 0 Å². The van der Waals surface area contributed by atoms with Crippen LogP contribution in [0.5, 0.6) is 0 Å². The van der Waals surface area contributed by atoms with Crippen LogP contribution in [-0.4, -0.2) is 4.98 Å². The molecule has 1 heteroatoms. The average Bonchev–Trinajstić information content (AvgIpc) is 2.35. The summed E-state index contributed by atoms with van der Waals surface area (Å²) in [6.07, 6.45) is 0. The summed E-state index contributed by atoms with van der Waals surface area (Å²) in [4.78, 5) is 4.65. The smallest absolute Gasteiger partial charge is 0.0709 e. The Hall–Kier alpha value is -1.89. The van der Waals surface area contributed by atoms with Crippen molar-refractivity contribution in [1.29, 1.82) is 0 Å². The molecule has 1 nitrogen and oxygen atoms in total. The zero-order chi connectivity index (χ0) is 13.3. The first-order valence-electron chi connectivity index (χ1n) is 6.14. The molecule has 0 unspecified atom stereocenters. The lowest BCUT2D eigenvalue weighted by molar-refractivity contribution is 0.522. The van der Waals surface area contributed by atoms with Gasteiger partial charge in [0.2, 0.25) is 0 Å². The van der Waals surface area contributed by atoms with E-state index in [0.29, 0.717) is 0 Å². The maximum Gasteiger partial charge on any atom is 0.0709 e. The van der Waals surface area contributed by atoms with Crippen molar-refractivity contribution in [2.75, 3.05) is 0 Å². The van der Waals surface area contributed by atoms with Gasteiger partial charge in [-0.3, -0.25) is 0 Å². The van der Waals surface area contributed by atoms with Crippen LogP contribution in [0, 0.1) is 5.41 Å². The predicted molar refractivity (Wildman–Crippen MR) is 79.4 cm³/mol. The van der Waals surface area contributed by atoms with Gasteiger partial charge in [-0.05, 0) is 28.7 Å². The fourth-order valence-corrected chi connectivity index (χ4v) is 1.84. The highest BCUT2D eigenvalue weighted by molar-refractivity contribution is 5.83. The number of pyridine rings is 1. The highest BCUT2D eigenvalue weighted by atomic mass is 14.7. The van der Waals surface area contributed by atoms with Crippen LogP contribution in [-0.2, 0) is 0 Å². The van der Waals surface area contributed by atoms with Gasteiger partial charge < -0.3 is 0 Å². The molecular formula is C17H19N. The third-order valence-electron chi connectivity index (χ3n) is 3.18. The quantitative estimate of drug-likeness (QED) is 0.680. The van der Waals surface area contributed by atoms with Crippen LogP contribution in [0.15, 0.2) is 55.1 Å². The first-order chi connectivity index (χ1) is 8.39. The molecule has 92 valence electrons. The maximum absolute atomic E-state index is 4.65. The van der Waals surface area contributed by atoms with Crippen molar-refractivity contribution in [2.24, 2.45) is 5.41 Å². The molecule has 0 bridgehead atoms. The third kappa shape index (κ3) is 2.35. The van der Waals surface area contributed by atoms with Crippen LogP contribution < -0.4 is 0 Å². The molecule has 1 aromatic heterocycles. The number of nitrogens with zero attached hydrogens (tertiary/aromatic N) is 1. The largest absolute Gasteiger partial charge is 0.248 e. The zero-order valence-electron chi connectivity index (χ0n) is 11.3. The molecule has 1 heterocycles. The maximum atomic E-state index is 4.65. The number of hydrogen-bond acceptors (Lipinski definition) is 1. The molecule has 0 spiro atoms. The first kappa shape index (κ1) is 12.6. The topological polar surface area (TPSA) is 12.9 Å². The molecule has 0 aliphatic heterocycles. The molecule has 0 aliphatic carbocycles. The Balaban J connectivity index is 2.43. The SMILES string of the molecule is C=C(C(=C)C(C)(C)C)c1ccc2ccccc2n1. The number of aromatic nitrogens is 1. The van der Waals surface area contributed by atoms with Gasteiger partial charge in [0.15, 0.2) is 0 Å². The van der Waals surface area contributed by atoms with Crippen molar-refractivity contribution in [1.82, 2.24) is 4.98 Å². The number of fused-ring (bicyclic) bond motifs is 1. The predicted octanol–water partition coefficient (Wildman–Crippen LogP) is 4.85. The van der Waals surface area contributed by atoms with Crippen LogP contribution in [0.25, 0.3) is 16.5 Å². The van der Waals surface area contributed by atoms with E-state index >= 15 is 0 Å². The van der Waals surface area contributed by atoms with E-state index in [9.17, 15) is 0 Å². The summed E-state index contributed by atoms with van der Waals surface area (Å²) < 4.78 is 0. The summed E-state index contributed by atoms with van der Waals surface area (Å²) in [5, 5.41) is 1.15. The van der Waals surface area contributed by atoms with E-state index in [0.717, 1.165) is 27.7 Å². The fraction of sp³-hybridized carbons (Fsp3) is 0.235. The van der Waals surface area contributed by atoms with Gasteiger partial charge >= 0.3 is 0 Å². The van der Waals surface area contributed by atoms with Crippen LogP contribution in [0.3, 0.4) is 0 Å². The summed E-state index contributed by atoms with van der Waals surface area (Å²) in [5.41, 5.74) is 3.88. The van der Waals surface area contributed by atoms with Crippen LogP contribution in [0.1, 0.15) is 26.5 Å². The van der Waals surface area contributed by atoms with Crippen LogP contribution in [0.2, 0.25) is 0 Å². The summed E-state index contributed by atoms with van der Waals surface area (Å²) in [7, 11) is 0. The van der Waals surface area contributed by atoms with Crippen LogP contribution >= 0.6 is 0 Å². The van der Waals surface area contributed by atoms with Gasteiger partial charge in [-0.2, -0.15) is 0 Å². The molecule has 1 aromatic carbocycles. The van der Waals surface area contributed by atoms with Crippen molar-refractivity contribution in [2.45, 2.75) is 20.8 Å². The Morgan fingerprint density at radius 1 is 1.00 bits per heavy atom. The van der Waals surface area contributed by atoms with Gasteiger partial charge in [-0.25, -0.2) is 4.98 Å². The lowest BCUT2D eigenvalue weighted by atomic mass is 9.82. The van der Waals surface area contributed by atoms with Gasteiger partial charge in [0.05, 0.1) is 11.2 Å². The zero-order valence-corrected chi connectivity index (χ0v) is 11.3. The molecule has 0 amide bonds. The highest BCUT2D eigenvalue weighted by Crippen LogP contribution is 2.33. The monoisotopic (exact) mass is 237 g/mol. The van der Waals surface area contributed by atoms with Crippen molar-refractivity contribution in [3.63, 3.8) is 0 Å². The molecule has 0 fully saturated rings. The molecule has 0 aliphatic rings. The normalized spacial score (nSPS) is 11.5. The Morgan fingerprint density at radius 3 is 2.33 bits per heavy atom. The number of para-hydroxylation sites is 1. The molecule has 0 saturated heterocycles. The third-order valence-corrected chi connectivity index (χ3v) is 3.18. The van der Waals surface area contributed by atoms with E-state index in [2.05, 4.69) is 51.0 Å². The average molecular weight is 237 g/mol. The summed E-state index contributed by atoms with van der Waals surface area (Å²) in [6, 6.07) is 12.2. The Labute approximate surface area is 109 Å². The van der Waals surface area contributed by atoms with Crippen molar-refractivity contribution in [3.05, 3.63) is 60.8 Å². The molecule has 0 radical (unpaired) electrons. The summed E-state index contributed by atoms with van der Waals surface area (Å²) in [5.74, 6) is 0. The molecule has 2 rings (SSSR count). The highest BCUT2D eigenvalue weighted by Gasteiger charge is 2.19. The lowest BCUT2D eigenvalue weighted by Gasteiger charge is -2.23.